The number of para-hydroxylation sites is 2. The molecule has 0 saturated heterocycles. The quantitative estimate of drug-likeness (QED) is 0.331. The molecule has 2 N–H and O–H groups in total. The Morgan fingerprint density at radius 3 is 2.73 bits per heavy atom. The van der Waals surface area contributed by atoms with Crippen LogP contribution in [0.1, 0.15) is 81.5 Å². The summed E-state index contributed by atoms with van der Waals surface area (Å²) in [6.07, 6.45) is 0.190. The fourth-order valence-electron chi connectivity index (χ4n) is 5.60. The third-order valence-corrected chi connectivity index (χ3v) is 7.25. The predicted molar refractivity (Wildman–Crippen MR) is 137 cm³/mol. The van der Waals surface area contributed by atoms with Crippen molar-refractivity contribution in [3.05, 3.63) is 70.9 Å². The van der Waals surface area contributed by atoms with Crippen LogP contribution in [0.4, 0.5) is 8.78 Å². The van der Waals surface area contributed by atoms with Gasteiger partial charge in [-0.1, -0.05) is 19.1 Å². The summed E-state index contributed by atoms with van der Waals surface area (Å²) in [6.45, 7) is -0.412. The van der Waals surface area contributed by atoms with E-state index in [1.54, 1.807) is 6.92 Å². The van der Waals surface area contributed by atoms with Crippen molar-refractivity contribution in [2.45, 2.75) is 51.5 Å². The number of benzene rings is 2. The van der Waals surface area contributed by atoms with Crippen molar-refractivity contribution in [2.24, 2.45) is 0 Å². The van der Waals surface area contributed by atoms with E-state index in [1.165, 1.54) is 25.3 Å². The number of ketones is 2. The number of nitrogens with zero attached hydrogens (tertiary/aromatic N) is 4. The lowest BCUT2D eigenvalue weighted by molar-refractivity contribution is -0.0495. The number of aliphatic hydroxyl groups excluding tert-OH is 1. The molecule has 40 heavy (non-hydrogen) atoms. The van der Waals surface area contributed by atoms with Crippen molar-refractivity contribution in [2.75, 3.05) is 0 Å². The number of imidazole rings is 1. The highest BCUT2D eigenvalue weighted by atomic mass is 19.3. The Hall–Kier alpha value is -4.58. The van der Waals surface area contributed by atoms with Crippen LogP contribution in [-0.4, -0.2) is 54.8 Å². The largest absolute Gasteiger partial charge is 0.434 e. The SMILES string of the molecule is CCC(=O)c1c(-c2ccnc(C(=O)C(C)O)n2)c(OC(F)F)cc2c1[C@H]1C[C@@H](NC2=O)c2nc3ccccc3n21. The molecule has 1 unspecified atom stereocenters. The smallest absolute Gasteiger partial charge is 0.387 e. The van der Waals surface area contributed by atoms with E-state index in [-0.39, 0.29) is 34.6 Å². The van der Waals surface area contributed by atoms with Crippen molar-refractivity contribution in [3.63, 3.8) is 0 Å². The lowest BCUT2D eigenvalue weighted by Crippen LogP contribution is -2.29. The number of Topliss-reactive ketones (excluding diaryl/α,β-unsaturated/α-hetero) is 2. The standard InChI is InChI=1S/C28H23F2N5O5/c1-3-19(37)23-21-13(27(39)34-16-11-18(21)35-17-7-5-4-6-14(17)33-26(16)35)10-20(40-28(29)30)22(23)15-8-9-31-25(32-15)24(38)12(2)36/h4-10,12,16,18,28,36H,3,11H2,1-2H3,(H,34,39)/t12?,16-,18-/m1/s1. The number of carbonyl (C=O) groups is 3. The van der Waals surface area contributed by atoms with Gasteiger partial charge in [-0.25, -0.2) is 15.0 Å². The molecule has 6 rings (SSSR count). The van der Waals surface area contributed by atoms with Crippen LogP contribution in [0.15, 0.2) is 42.6 Å². The molecule has 0 saturated carbocycles. The molecular weight excluding hydrogens is 524 g/mol. The summed E-state index contributed by atoms with van der Waals surface area (Å²) in [4.78, 5) is 52.5. The minimum absolute atomic E-state index is 0.00349. The number of hydrogen-bond donors (Lipinski definition) is 2. The monoisotopic (exact) mass is 547 g/mol. The molecule has 0 fully saturated rings. The number of fused-ring (bicyclic) bond motifs is 9. The van der Waals surface area contributed by atoms with Crippen LogP contribution >= 0.6 is 0 Å². The summed E-state index contributed by atoms with van der Waals surface area (Å²) < 4.78 is 34.2. The molecule has 0 radical (unpaired) electrons. The normalized spacial score (nSPS) is 18.2. The van der Waals surface area contributed by atoms with Gasteiger partial charge in [0.1, 0.15) is 17.7 Å². The molecule has 10 nitrogen and oxygen atoms in total. The van der Waals surface area contributed by atoms with Crippen molar-refractivity contribution in [1.29, 1.82) is 0 Å². The Bertz CT molecular complexity index is 1720. The molecule has 0 aliphatic carbocycles. The minimum Gasteiger partial charge on any atom is -0.434 e. The van der Waals surface area contributed by atoms with E-state index in [0.717, 1.165) is 5.52 Å². The maximum absolute atomic E-state index is 13.7. The summed E-state index contributed by atoms with van der Waals surface area (Å²) in [7, 11) is 0. The second-order valence-electron chi connectivity index (χ2n) is 9.65. The molecular formula is C28H23F2N5O5. The number of ether oxygens (including phenoxy) is 1. The molecule has 204 valence electrons. The number of aromatic nitrogens is 4. The highest BCUT2D eigenvalue weighted by Gasteiger charge is 2.44. The number of hydrogen-bond acceptors (Lipinski definition) is 8. The molecule has 0 spiro atoms. The number of rotatable bonds is 7. The van der Waals surface area contributed by atoms with Gasteiger partial charge in [0.25, 0.3) is 5.91 Å². The van der Waals surface area contributed by atoms with E-state index in [1.807, 2.05) is 28.8 Å². The fourth-order valence-corrected chi connectivity index (χ4v) is 5.60. The molecule has 1 amide bonds. The third kappa shape index (κ3) is 3.94. The number of amides is 1. The number of nitrogens with one attached hydrogen (secondary N) is 1. The van der Waals surface area contributed by atoms with Gasteiger partial charge in [-0.15, -0.1) is 0 Å². The highest BCUT2D eigenvalue weighted by molar-refractivity contribution is 6.10. The van der Waals surface area contributed by atoms with Crippen LogP contribution in [0.2, 0.25) is 0 Å². The maximum Gasteiger partial charge on any atom is 0.387 e. The highest BCUT2D eigenvalue weighted by Crippen LogP contribution is 2.49. The summed E-state index contributed by atoms with van der Waals surface area (Å²) in [5.41, 5.74) is 1.75. The van der Waals surface area contributed by atoms with Crippen LogP contribution in [0, 0.1) is 0 Å². The third-order valence-electron chi connectivity index (χ3n) is 7.25. The van der Waals surface area contributed by atoms with Gasteiger partial charge in [0.05, 0.1) is 34.4 Å². The first-order valence-electron chi connectivity index (χ1n) is 12.7. The zero-order valence-corrected chi connectivity index (χ0v) is 21.4. The molecule has 12 heteroatoms. The number of alkyl halides is 2. The molecule has 3 atom stereocenters. The van der Waals surface area contributed by atoms with Crippen molar-refractivity contribution < 1.29 is 33.0 Å². The van der Waals surface area contributed by atoms with Crippen LogP contribution in [0.3, 0.4) is 0 Å². The van der Waals surface area contributed by atoms with Gasteiger partial charge in [-0.2, -0.15) is 8.78 Å². The second-order valence-corrected chi connectivity index (χ2v) is 9.65. The lowest BCUT2D eigenvalue weighted by atomic mass is 9.85. The molecule has 2 aromatic carbocycles. The van der Waals surface area contributed by atoms with Gasteiger partial charge >= 0.3 is 6.61 Å². The number of halogens is 2. The van der Waals surface area contributed by atoms with Gasteiger partial charge < -0.3 is 19.7 Å². The summed E-state index contributed by atoms with van der Waals surface area (Å²) in [6, 6.07) is 8.98. The van der Waals surface area contributed by atoms with Crippen molar-refractivity contribution >= 4 is 28.5 Å². The summed E-state index contributed by atoms with van der Waals surface area (Å²) >= 11 is 0. The molecule has 2 aliphatic rings. The van der Waals surface area contributed by atoms with E-state index in [9.17, 15) is 28.3 Å². The van der Waals surface area contributed by atoms with E-state index < -0.39 is 48.0 Å². The first-order chi connectivity index (χ1) is 19.2. The van der Waals surface area contributed by atoms with E-state index >= 15 is 0 Å². The molecule has 2 bridgehead atoms. The van der Waals surface area contributed by atoms with Gasteiger partial charge in [0.15, 0.2) is 11.6 Å². The Morgan fingerprint density at radius 1 is 1.23 bits per heavy atom. The molecule has 4 aromatic rings. The predicted octanol–water partition coefficient (Wildman–Crippen LogP) is 4.03. The number of aliphatic hydroxyl groups is 1. The Morgan fingerprint density at radius 2 is 2.00 bits per heavy atom. The first kappa shape index (κ1) is 25.7. The van der Waals surface area contributed by atoms with Crippen LogP contribution in [-0.2, 0) is 0 Å². The molecule has 2 aromatic heterocycles. The van der Waals surface area contributed by atoms with E-state index in [4.69, 9.17) is 9.72 Å². The lowest BCUT2D eigenvalue weighted by Gasteiger charge is -2.25. The molecule has 2 aliphatic heterocycles. The fraction of sp³-hybridized carbons (Fsp3) is 0.286. The van der Waals surface area contributed by atoms with Crippen molar-refractivity contribution in [3.8, 4) is 17.0 Å². The Labute approximate surface area is 226 Å². The summed E-state index contributed by atoms with van der Waals surface area (Å²) in [5.74, 6) is -1.95. The van der Waals surface area contributed by atoms with Gasteiger partial charge in [0, 0.05) is 23.7 Å². The van der Waals surface area contributed by atoms with Crippen LogP contribution < -0.4 is 10.1 Å². The van der Waals surface area contributed by atoms with Crippen LogP contribution in [0.5, 0.6) is 5.75 Å². The van der Waals surface area contributed by atoms with Gasteiger partial charge in [-0.05, 0) is 43.2 Å². The number of carbonyl (C=O) groups excluding carboxylic acids is 3. The minimum atomic E-state index is -3.28. The topological polar surface area (TPSA) is 136 Å². The van der Waals surface area contributed by atoms with Crippen molar-refractivity contribution in [1.82, 2.24) is 24.8 Å². The van der Waals surface area contributed by atoms with Crippen LogP contribution in [0.25, 0.3) is 22.3 Å². The Kier molecular flexibility index (Phi) is 6.14. The average molecular weight is 548 g/mol. The molecule has 4 heterocycles. The first-order valence-corrected chi connectivity index (χ1v) is 12.7. The van der Waals surface area contributed by atoms with E-state index in [0.29, 0.717) is 23.3 Å². The zero-order chi connectivity index (χ0) is 28.3. The average Bonchev–Trinajstić information content (AvgIpc) is 3.44. The van der Waals surface area contributed by atoms with Gasteiger partial charge in [-0.3, -0.25) is 14.4 Å². The van der Waals surface area contributed by atoms with E-state index in [2.05, 4.69) is 15.3 Å². The second kappa shape index (κ2) is 9.56. The zero-order valence-electron chi connectivity index (χ0n) is 21.4. The Balaban J connectivity index is 1.70. The summed E-state index contributed by atoms with van der Waals surface area (Å²) in [5, 5.41) is 12.7. The van der Waals surface area contributed by atoms with Gasteiger partial charge in [0.2, 0.25) is 5.78 Å². The maximum atomic E-state index is 13.7.